The zero-order valence-corrected chi connectivity index (χ0v) is 11.0. The fourth-order valence-electron chi connectivity index (χ4n) is 1.29. The Morgan fingerprint density at radius 1 is 1.19 bits per heavy atom. The first-order valence-corrected chi connectivity index (χ1v) is 6.93. The van der Waals surface area contributed by atoms with Crippen LogP contribution in [0.4, 0.5) is 0 Å². The van der Waals surface area contributed by atoms with Crippen LogP contribution < -0.4 is 5.32 Å². The number of rotatable bonds is 8. The molecule has 0 spiro atoms. The Bertz CT molecular complexity index is 274. The van der Waals surface area contributed by atoms with Gasteiger partial charge in [-0.25, -0.2) is 9.97 Å². The third kappa shape index (κ3) is 6.08. The lowest BCUT2D eigenvalue weighted by Gasteiger charge is -2.03. The van der Waals surface area contributed by atoms with Gasteiger partial charge in [-0.3, -0.25) is 0 Å². The van der Waals surface area contributed by atoms with E-state index in [0.717, 1.165) is 29.6 Å². The van der Waals surface area contributed by atoms with Crippen LogP contribution >= 0.6 is 11.8 Å². The van der Waals surface area contributed by atoms with E-state index in [1.807, 2.05) is 19.3 Å². The third-order valence-electron chi connectivity index (χ3n) is 2.22. The summed E-state index contributed by atoms with van der Waals surface area (Å²) in [5.41, 5.74) is 1.11. The van der Waals surface area contributed by atoms with Crippen molar-refractivity contribution < 1.29 is 0 Å². The number of aromatic nitrogens is 2. The SMILES string of the molecule is CCCCCNCCSc1ncc(C)cn1. The summed E-state index contributed by atoms with van der Waals surface area (Å²) in [6.45, 7) is 6.39. The van der Waals surface area contributed by atoms with Crippen LogP contribution in [0.25, 0.3) is 0 Å². The van der Waals surface area contributed by atoms with E-state index in [2.05, 4.69) is 22.2 Å². The summed E-state index contributed by atoms with van der Waals surface area (Å²) >= 11 is 1.71. The van der Waals surface area contributed by atoms with Crippen molar-refractivity contribution in [2.45, 2.75) is 38.3 Å². The van der Waals surface area contributed by atoms with Crippen molar-refractivity contribution in [1.29, 1.82) is 0 Å². The lowest BCUT2D eigenvalue weighted by molar-refractivity contribution is 0.635. The molecule has 1 rings (SSSR count). The zero-order valence-electron chi connectivity index (χ0n) is 10.2. The number of nitrogens with one attached hydrogen (secondary N) is 1. The van der Waals surface area contributed by atoms with E-state index in [1.165, 1.54) is 19.3 Å². The molecular weight excluding hydrogens is 218 g/mol. The summed E-state index contributed by atoms with van der Waals surface area (Å²) in [4.78, 5) is 8.50. The van der Waals surface area contributed by atoms with E-state index in [9.17, 15) is 0 Å². The average Bonchev–Trinajstić information content (AvgIpc) is 2.30. The van der Waals surface area contributed by atoms with Crippen LogP contribution in [0.2, 0.25) is 0 Å². The Morgan fingerprint density at radius 3 is 2.62 bits per heavy atom. The lowest BCUT2D eigenvalue weighted by Crippen LogP contribution is -2.18. The van der Waals surface area contributed by atoms with Crippen LogP contribution in [0, 0.1) is 6.92 Å². The molecule has 16 heavy (non-hydrogen) atoms. The van der Waals surface area contributed by atoms with Crippen molar-refractivity contribution in [3.63, 3.8) is 0 Å². The molecule has 0 bridgehead atoms. The molecule has 0 unspecified atom stereocenters. The van der Waals surface area contributed by atoms with Crippen molar-refractivity contribution in [2.75, 3.05) is 18.8 Å². The Hall–Kier alpha value is -0.610. The fraction of sp³-hybridized carbons (Fsp3) is 0.667. The topological polar surface area (TPSA) is 37.8 Å². The summed E-state index contributed by atoms with van der Waals surface area (Å²) in [5.74, 6) is 1.04. The van der Waals surface area contributed by atoms with Gasteiger partial charge in [-0.1, -0.05) is 31.5 Å². The molecule has 0 amide bonds. The van der Waals surface area contributed by atoms with Gasteiger partial charge in [0.05, 0.1) is 0 Å². The van der Waals surface area contributed by atoms with Gasteiger partial charge in [-0.05, 0) is 25.5 Å². The first kappa shape index (κ1) is 13.5. The van der Waals surface area contributed by atoms with E-state index < -0.39 is 0 Å². The fourth-order valence-corrected chi connectivity index (χ4v) is 1.98. The van der Waals surface area contributed by atoms with Crippen LogP contribution in [-0.2, 0) is 0 Å². The first-order valence-electron chi connectivity index (χ1n) is 5.95. The Kier molecular flexibility index (Phi) is 7.17. The van der Waals surface area contributed by atoms with Crippen LogP contribution in [-0.4, -0.2) is 28.8 Å². The Balaban J connectivity index is 2.01. The highest BCUT2D eigenvalue weighted by molar-refractivity contribution is 7.99. The Labute approximate surface area is 102 Å². The van der Waals surface area contributed by atoms with Crippen molar-refractivity contribution in [3.8, 4) is 0 Å². The third-order valence-corrected chi connectivity index (χ3v) is 3.10. The van der Waals surface area contributed by atoms with Crippen LogP contribution in [0.1, 0.15) is 31.7 Å². The molecule has 4 heteroatoms. The quantitative estimate of drug-likeness (QED) is 0.430. The second kappa shape index (κ2) is 8.53. The number of thioether (sulfide) groups is 1. The summed E-state index contributed by atoms with van der Waals surface area (Å²) < 4.78 is 0. The number of nitrogens with zero attached hydrogens (tertiary/aromatic N) is 2. The predicted octanol–water partition coefficient (Wildman–Crippen LogP) is 2.66. The molecular formula is C12H21N3S. The monoisotopic (exact) mass is 239 g/mol. The summed E-state index contributed by atoms with van der Waals surface area (Å²) in [5, 5.41) is 4.30. The molecule has 0 radical (unpaired) electrons. The molecule has 90 valence electrons. The molecule has 0 atom stereocenters. The molecule has 0 aliphatic heterocycles. The first-order chi connectivity index (χ1) is 7.83. The van der Waals surface area contributed by atoms with Gasteiger partial charge >= 0.3 is 0 Å². The smallest absolute Gasteiger partial charge is 0.187 e. The molecule has 0 saturated heterocycles. The van der Waals surface area contributed by atoms with E-state index in [-0.39, 0.29) is 0 Å². The molecule has 0 aliphatic rings. The van der Waals surface area contributed by atoms with E-state index in [1.54, 1.807) is 11.8 Å². The number of aryl methyl sites for hydroxylation is 1. The van der Waals surface area contributed by atoms with Gasteiger partial charge in [0.2, 0.25) is 0 Å². The van der Waals surface area contributed by atoms with Gasteiger partial charge in [0.15, 0.2) is 5.16 Å². The second-order valence-corrected chi connectivity index (χ2v) is 4.91. The van der Waals surface area contributed by atoms with Gasteiger partial charge in [-0.2, -0.15) is 0 Å². The van der Waals surface area contributed by atoms with Crippen LogP contribution in [0.15, 0.2) is 17.6 Å². The summed E-state index contributed by atoms with van der Waals surface area (Å²) in [7, 11) is 0. The molecule has 0 fully saturated rings. The number of hydrogen-bond donors (Lipinski definition) is 1. The number of hydrogen-bond acceptors (Lipinski definition) is 4. The maximum Gasteiger partial charge on any atom is 0.187 e. The maximum absolute atomic E-state index is 4.25. The maximum atomic E-state index is 4.25. The molecule has 0 saturated carbocycles. The van der Waals surface area contributed by atoms with Crippen molar-refractivity contribution in [3.05, 3.63) is 18.0 Å². The highest BCUT2D eigenvalue weighted by atomic mass is 32.2. The van der Waals surface area contributed by atoms with Crippen molar-refractivity contribution >= 4 is 11.8 Å². The van der Waals surface area contributed by atoms with Gasteiger partial charge in [0.25, 0.3) is 0 Å². The largest absolute Gasteiger partial charge is 0.316 e. The van der Waals surface area contributed by atoms with E-state index >= 15 is 0 Å². The predicted molar refractivity (Wildman–Crippen MR) is 69.9 cm³/mol. The van der Waals surface area contributed by atoms with Crippen LogP contribution in [0.5, 0.6) is 0 Å². The highest BCUT2D eigenvalue weighted by Crippen LogP contribution is 2.10. The van der Waals surface area contributed by atoms with Crippen molar-refractivity contribution in [1.82, 2.24) is 15.3 Å². The molecule has 1 N–H and O–H groups in total. The van der Waals surface area contributed by atoms with Gasteiger partial charge < -0.3 is 5.32 Å². The minimum absolute atomic E-state index is 0.876. The van der Waals surface area contributed by atoms with E-state index in [0.29, 0.717) is 0 Å². The molecule has 0 aliphatic carbocycles. The molecule has 3 nitrogen and oxygen atoms in total. The molecule has 0 aromatic carbocycles. The molecule has 1 aromatic rings. The average molecular weight is 239 g/mol. The normalized spacial score (nSPS) is 10.6. The lowest BCUT2D eigenvalue weighted by atomic mass is 10.2. The minimum Gasteiger partial charge on any atom is -0.316 e. The highest BCUT2D eigenvalue weighted by Gasteiger charge is 1.96. The van der Waals surface area contributed by atoms with Crippen LogP contribution in [0.3, 0.4) is 0 Å². The summed E-state index contributed by atoms with van der Waals surface area (Å²) in [6, 6.07) is 0. The minimum atomic E-state index is 0.876. The zero-order chi connectivity index (χ0) is 11.6. The standard InChI is InChI=1S/C12H21N3S/c1-3-4-5-6-13-7-8-16-12-14-9-11(2)10-15-12/h9-10,13H,3-8H2,1-2H3. The summed E-state index contributed by atoms with van der Waals surface area (Å²) in [6.07, 6.45) is 7.62. The van der Waals surface area contributed by atoms with Gasteiger partial charge in [0.1, 0.15) is 0 Å². The van der Waals surface area contributed by atoms with Gasteiger partial charge in [-0.15, -0.1) is 0 Å². The number of unbranched alkanes of at least 4 members (excludes halogenated alkanes) is 2. The molecule has 1 heterocycles. The van der Waals surface area contributed by atoms with E-state index in [4.69, 9.17) is 0 Å². The second-order valence-electron chi connectivity index (χ2n) is 3.85. The van der Waals surface area contributed by atoms with Gasteiger partial charge in [0, 0.05) is 24.7 Å². The van der Waals surface area contributed by atoms with Crippen molar-refractivity contribution in [2.24, 2.45) is 0 Å². The molecule has 1 aromatic heterocycles. The Morgan fingerprint density at radius 2 is 1.94 bits per heavy atom.